The molecule has 0 atom stereocenters. The van der Waals surface area contributed by atoms with Gasteiger partial charge in [-0.05, 0) is 24.5 Å². The fraction of sp³-hybridized carbons (Fsp3) is 0.600. The SMILES string of the molecule is COc1ccc2c(OCCSCCSCCSC(=O)C(C)(C)CCC(C)C)cc(=O)oc2c1. The van der Waals surface area contributed by atoms with Crippen molar-refractivity contribution in [3.05, 3.63) is 34.7 Å². The average molecular weight is 513 g/mol. The van der Waals surface area contributed by atoms with E-state index in [4.69, 9.17) is 13.9 Å². The van der Waals surface area contributed by atoms with E-state index in [1.165, 1.54) is 17.8 Å². The third-order valence-corrected chi connectivity index (χ3v) is 8.80. The lowest BCUT2D eigenvalue weighted by atomic mass is 9.87. The maximum absolute atomic E-state index is 12.4. The number of thioether (sulfide) groups is 3. The van der Waals surface area contributed by atoms with Crippen molar-refractivity contribution in [3.63, 3.8) is 0 Å². The lowest BCUT2D eigenvalue weighted by Crippen LogP contribution is -2.22. The maximum Gasteiger partial charge on any atom is 0.339 e. The minimum Gasteiger partial charge on any atom is -0.497 e. The van der Waals surface area contributed by atoms with Crippen molar-refractivity contribution in [1.82, 2.24) is 0 Å². The molecule has 0 bridgehead atoms. The Hall–Kier alpha value is -1.25. The Labute approximate surface area is 210 Å². The van der Waals surface area contributed by atoms with Crippen LogP contribution < -0.4 is 15.1 Å². The number of carbonyl (C=O) groups excluding carboxylic acids is 1. The number of fused-ring (bicyclic) bond motifs is 1. The van der Waals surface area contributed by atoms with Gasteiger partial charge in [0.1, 0.15) is 17.1 Å². The zero-order valence-corrected chi connectivity index (χ0v) is 22.8. The van der Waals surface area contributed by atoms with Crippen LogP contribution in [0.3, 0.4) is 0 Å². The molecule has 1 heterocycles. The molecule has 1 aromatic carbocycles. The van der Waals surface area contributed by atoms with Crippen molar-refractivity contribution in [2.75, 3.05) is 42.5 Å². The summed E-state index contributed by atoms with van der Waals surface area (Å²) in [7, 11) is 1.57. The molecule has 5 nitrogen and oxygen atoms in total. The Balaban J connectivity index is 1.59. The number of benzene rings is 1. The van der Waals surface area contributed by atoms with Gasteiger partial charge in [0.15, 0.2) is 5.12 Å². The quantitative estimate of drug-likeness (QED) is 0.201. The van der Waals surface area contributed by atoms with Gasteiger partial charge in [-0.2, -0.15) is 23.5 Å². The van der Waals surface area contributed by atoms with Gasteiger partial charge in [0.2, 0.25) is 0 Å². The van der Waals surface area contributed by atoms with Gasteiger partial charge in [0, 0.05) is 40.2 Å². The summed E-state index contributed by atoms with van der Waals surface area (Å²) in [5.74, 6) is 6.59. The summed E-state index contributed by atoms with van der Waals surface area (Å²) < 4.78 is 16.3. The van der Waals surface area contributed by atoms with Crippen molar-refractivity contribution < 1.29 is 18.7 Å². The zero-order valence-electron chi connectivity index (χ0n) is 20.3. The fourth-order valence-electron chi connectivity index (χ4n) is 3.03. The van der Waals surface area contributed by atoms with Crippen LogP contribution >= 0.6 is 35.3 Å². The molecular weight excluding hydrogens is 476 g/mol. The van der Waals surface area contributed by atoms with Crippen molar-refractivity contribution in [1.29, 1.82) is 0 Å². The molecule has 0 saturated heterocycles. The van der Waals surface area contributed by atoms with Crippen LogP contribution in [0.15, 0.2) is 33.5 Å². The largest absolute Gasteiger partial charge is 0.497 e. The summed E-state index contributed by atoms with van der Waals surface area (Å²) in [5, 5.41) is 1.08. The molecule has 0 fully saturated rings. The number of hydrogen-bond donors (Lipinski definition) is 0. The molecule has 0 amide bonds. The molecule has 184 valence electrons. The van der Waals surface area contributed by atoms with Gasteiger partial charge in [0.05, 0.1) is 25.2 Å². The molecule has 0 aliphatic rings. The second-order valence-corrected chi connectivity index (χ2v) is 12.3. The van der Waals surface area contributed by atoms with Gasteiger partial charge in [-0.15, -0.1) is 0 Å². The highest BCUT2D eigenvalue weighted by Crippen LogP contribution is 2.31. The van der Waals surface area contributed by atoms with E-state index in [9.17, 15) is 9.59 Å². The van der Waals surface area contributed by atoms with Crippen molar-refractivity contribution in [2.24, 2.45) is 11.3 Å². The van der Waals surface area contributed by atoms with Gasteiger partial charge in [-0.25, -0.2) is 4.79 Å². The molecular formula is C25H36O5S3. The van der Waals surface area contributed by atoms with Gasteiger partial charge in [-0.3, -0.25) is 4.79 Å². The van der Waals surface area contributed by atoms with E-state index in [0.29, 0.717) is 34.7 Å². The molecule has 2 rings (SSSR count). The van der Waals surface area contributed by atoms with Gasteiger partial charge in [0.25, 0.3) is 0 Å². The Morgan fingerprint density at radius 2 is 1.76 bits per heavy atom. The molecule has 0 aliphatic heterocycles. The first kappa shape index (κ1) is 28.0. The molecule has 0 aliphatic carbocycles. The van der Waals surface area contributed by atoms with E-state index in [0.717, 1.165) is 47.0 Å². The van der Waals surface area contributed by atoms with Crippen LogP contribution in [-0.4, -0.2) is 47.6 Å². The lowest BCUT2D eigenvalue weighted by molar-refractivity contribution is -0.118. The molecule has 33 heavy (non-hydrogen) atoms. The topological polar surface area (TPSA) is 65.7 Å². The van der Waals surface area contributed by atoms with E-state index in [1.54, 1.807) is 13.2 Å². The first-order chi connectivity index (χ1) is 15.7. The third kappa shape index (κ3) is 9.87. The summed E-state index contributed by atoms with van der Waals surface area (Å²) in [6.45, 7) is 9.06. The fourth-order valence-corrected chi connectivity index (χ4v) is 6.07. The number of hydrogen-bond acceptors (Lipinski definition) is 8. The summed E-state index contributed by atoms with van der Waals surface area (Å²) >= 11 is 5.19. The van der Waals surface area contributed by atoms with Crippen LogP contribution in [0.2, 0.25) is 0 Å². The van der Waals surface area contributed by atoms with Gasteiger partial charge >= 0.3 is 5.63 Å². The van der Waals surface area contributed by atoms with Crippen LogP contribution in [0.1, 0.15) is 40.5 Å². The van der Waals surface area contributed by atoms with Crippen molar-refractivity contribution >= 4 is 51.4 Å². The van der Waals surface area contributed by atoms with Crippen LogP contribution in [0.5, 0.6) is 11.5 Å². The molecule has 0 N–H and O–H groups in total. The predicted octanol–water partition coefficient (Wildman–Crippen LogP) is 6.37. The summed E-state index contributed by atoms with van der Waals surface area (Å²) in [4.78, 5) is 24.2. The average Bonchev–Trinajstić information content (AvgIpc) is 2.78. The van der Waals surface area contributed by atoms with Crippen LogP contribution in [0, 0.1) is 11.3 Å². The van der Waals surface area contributed by atoms with Gasteiger partial charge < -0.3 is 13.9 Å². The van der Waals surface area contributed by atoms with Crippen molar-refractivity contribution in [3.8, 4) is 11.5 Å². The molecule has 0 unspecified atom stereocenters. The highest BCUT2D eigenvalue weighted by Gasteiger charge is 2.27. The smallest absolute Gasteiger partial charge is 0.339 e. The standard InChI is InChI=1S/C25H36O5S3/c1-18(2)8-9-25(3,4)24(27)33-15-14-32-13-12-31-11-10-29-21-17-23(26)30-22-16-19(28-5)6-7-20(21)22/h6-7,16-18H,8-15H2,1-5H3. The Morgan fingerprint density at radius 1 is 1.06 bits per heavy atom. The first-order valence-corrected chi connectivity index (χ1v) is 14.6. The highest BCUT2D eigenvalue weighted by atomic mass is 32.2. The van der Waals surface area contributed by atoms with E-state index in [2.05, 4.69) is 27.7 Å². The molecule has 2 aromatic rings. The normalized spacial score (nSPS) is 11.8. The third-order valence-electron chi connectivity index (χ3n) is 5.13. The number of rotatable bonds is 15. The first-order valence-electron chi connectivity index (χ1n) is 11.3. The Kier molecular flexibility index (Phi) is 12.1. The van der Waals surface area contributed by atoms with E-state index < -0.39 is 5.63 Å². The summed E-state index contributed by atoms with van der Waals surface area (Å²) in [6.07, 6.45) is 2.05. The number of ether oxygens (including phenoxy) is 2. The Bertz CT molecular complexity index is 939. The summed E-state index contributed by atoms with van der Waals surface area (Å²) in [6, 6.07) is 6.73. The second-order valence-electron chi connectivity index (χ2n) is 8.82. The van der Waals surface area contributed by atoms with E-state index >= 15 is 0 Å². The second kappa shape index (κ2) is 14.2. The highest BCUT2D eigenvalue weighted by molar-refractivity contribution is 8.14. The molecule has 1 aromatic heterocycles. The predicted molar refractivity (Wildman–Crippen MR) is 144 cm³/mol. The number of methoxy groups -OCH3 is 1. The molecule has 0 spiro atoms. The minimum absolute atomic E-state index is 0.230. The zero-order chi connectivity index (χ0) is 24.3. The lowest BCUT2D eigenvalue weighted by Gasteiger charge is -2.23. The summed E-state index contributed by atoms with van der Waals surface area (Å²) in [5.41, 5.74) is -0.206. The minimum atomic E-state index is -0.436. The van der Waals surface area contributed by atoms with Crippen LogP contribution in [0.4, 0.5) is 0 Å². The monoisotopic (exact) mass is 512 g/mol. The van der Waals surface area contributed by atoms with Crippen LogP contribution in [-0.2, 0) is 4.79 Å². The molecule has 0 saturated carbocycles. The number of carbonyl (C=O) groups is 1. The molecule has 8 heteroatoms. The Morgan fingerprint density at radius 3 is 2.45 bits per heavy atom. The maximum atomic E-state index is 12.4. The molecule has 0 radical (unpaired) electrons. The van der Waals surface area contributed by atoms with Crippen molar-refractivity contribution in [2.45, 2.75) is 40.5 Å². The van der Waals surface area contributed by atoms with E-state index in [-0.39, 0.29) is 5.41 Å². The van der Waals surface area contributed by atoms with Crippen LogP contribution in [0.25, 0.3) is 11.0 Å². The van der Waals surface area contributed by atoms with Gasteiger partial charge in [-0.1, -0.05) is 45.9 Å². The van der Waals surface area contributed by atoms with E-state index in [1.807, 2.05) is 35.7 Å².